The van der Waals surface area contributed by atoms with Crippen LogP contribution in [0.5, 0.6) is 0 Å². The van der Waals surface area contributed by atoms with Gasteiger partial charge in [0.15, 0.2) is 0 Å². The number of thiophene rings is 1. The number of aromatic nitrogens is 1. The predicted molar refractivity (Wildman–Crippen MR) is 112 cm³/mol. The van der Waals surface area contributed by atoms with Gasteiger partial charge in [-0.15, -0.1) is 11.3 Å². The van der Waals surface area contributed by atoms with Gasteiger partial charge in [0, 0.05) is 24.9 Å². The highest BCUT2D eigenvalue weighted by molar-refractivity contribution is 7.21. The first kappa shape index (κ1) is 17.7. The third kappa shape index (κ3) is 2.42. The number of fused-ring (bicyclic) bond motifs is 7. The van der Waals surface area contributed by atoms with E-state index in [0.29, 0.717) is 17.7 Å². The Kier molecular flexibility index (Phi) is 3.75. The van der Waals surface area contributed by atoms with E-state index in [1.54, 1.807) is 0 Å². The Morgan fingerprint density at radius 2 is 1.86 bits per heavy atom. The summed E-state index contributed by atoms with van der Waals surface area (Å²) in [6.07, 6.45) is 5.40. The highest BCUT2D eigenvalue weighted by atomic mass is 32.1. The normalized spacial score (nSPS) is 26.4. The smallest absolute Gasteiger partial charge is 0.265 e. The number of carbonyl (C=O) groups excluding carboxylic acids is 2. The van der Waals surface area contributed by atoms with Crippen LogP contribution in [0.1, 0.15) is 53.4 Å². The van der Waals surface area contributed by atoms with Gasteiger partial charge >= 0.3 is 0 Å². The SMILES string of the molecule is C[C@]12CCC(=O)N1c1c(sc3nc(N4CCOCC4)c4c(c13)CCCC4)C(=O)N2. The van der Waals surface area contributed by atoms with E-state index in [2.05, 4.69) is 10.2 Å². The molecule has 5 heterocycles. The van der Waals surface area contributed by atoms with Crippen LogP contribution in [0, 0.1) is 0 Å². The van der Waals surface area contributed by atoms with Crippen LogP contribution in [-0.2, 0) is 22.4 Å². The Morgan fingerprint density at radius 1 is 1.10 bits per heavy atom. The molecule has 1 aliphatic carbocycles. The minimum Gasteiger partial charge on any atom is -0.378 e. The van der Waals surface area contributed by atoms with Crippen LogP contribution in [0.15, 0.2) is 0 Å². The molecule has 8 heteroatoms. The average molecular weight is 413 g/mol. The number of nitrogens with zero attached hydrogens (tertiary/aromatic N) is 3. The summed E-state index contributed by atoms with van der Waals surface area (Å²) in [5.41, 5.74) is 2.81. The number of morpholine rings is 1. The highest BCUT2D eigenvalue weighted by Gasteiger charge is 2.50. The molecule has 0 aromatic carbocycles. The van der Waals surface area contributed by atoms with E-state index < -0.39 is 5.66 Å². The summed E-state index contributed by atoms with van der Waals surface area (Å²) >= 11 is 1.43. The van der Waals surface area contributed by atoms with E-state index in [9.17, 15) is 9.59 Å². The van der Waals surface area contributed by atoms with Crippen LogP contribution < -0.4 is 15.1 Å². The maximum absolute atomic E-state index is 13.0. The number of amides is 2. The Hall–Kier alpha value is -2.19. The molecule has 1 atom stereocenters. The van der Waals surface area contributed by atoms with Crippen molar-refractivity contribution in [1.29, 1.82) is 0 Å². The maximum atomic E-state index is 13.0. The maximum Gasteiger partial charge on any atom is 0.265 e. The van der Waals surface area contributed by atoms with Crippen molar-refractivity contribution in [2.45, 2.75) is 51.1 Å². The van der Waals surface area contributed by atoms with E-state index in [-0.39, 0.29) is 11.8 Å². The molecule has 0 bridgehead atoms. The van der Waals surface area contributed by atoms with Crippen molar-refractivity contribution in [3.63, 3.8) is 0 Å². The van der Waals surface area contributed by atoms with Gasteiger partial charge in [-0.25, -0.2) is 4.98 Å². The number of anilines is 2. The standard InChI is InChI=1S/C21H24N4O3S/c1-21-7-6-14(26)25(21)16-15-12-4-2-3-5-13(12)18(24-8-10-28-11-9-24)22-20(15)29-17(16)19(27)23-21/h2-11H2,1H3,(H,23,27)/t21-/m1/s1. The molecule has 0 saturated carbocycles. The number of ether oxygens (including phenoxy) is 1. The van der Waals surface area contributed by atoms with Gasteiger partial charge in [0.25, 0.3) is 5.91 Å². The molecule has 2 aromatic rings. The Morgan fingerprint density at radius 3 is 2.66 bits per heavy atom. The molecule has 4 aliphatic rings. The second-order valence-electron chi connectivity index (χ2n) is 8.62. The topological polar surface area (TPSA) is 74.8 Å². The van der Waals surface area contributed by atoms with E-state index in [4.69, 9.17) is 9.72 Å². The number of nitrogens with one attached hydrogen (secondary N) is 1. The summed E-state index contributed by atoms with van der Waals surface area (Å²) < 4.78 is 5.54. The molecule has 2 saturated heterocycles. The van der Waals surface area contributed by atoms with Crippen LogP contribution in [-0.4, -0.2) is 48.8 Å². The van der Waals surface area contributed by atoms with Crippen LogP contribution in [0.3, 0.4) is 0 Å². The Bertz CT molecular complexity index is 1060. The zero-order valence-electron chi connectivity index (χ0n) is 16.5. The van der Waals surface area contributed by atoms with Gasteiger partial charge in [-0.05, 0) is 50.2 Å². The molecule has 2 aromatic heterocycles. The number of carbonyl (C=O) groups is 2. The molecule has 0 unspecified atom stereocenters. The number of hydrogen-bond donors (Lipinski definition) is 1. The second kappa shape index (κ2) is 6.15. The average Bonchev–Trinajstić information content (AvgIpc) is 3.25. The van der Waals surface area contributed by atoms with Gasteiger partial charge in [-0.3, -0.25) is 14.5 Å². The number of aryl methyl sites for hydroxylation is 1. The van der Waals surface area contributed by atoms with E-state index in [1.165, 1.54) is 22.5 Å². The van der Waals surface area contributed by atoms with Crippen LogP contribution in [0.25, 0.3) is 10.2 Å². The molecule has 6 rings (SSSR count). The van der Waals surface area contributed by atoms with Crippen LogP contribution in [0.4, 0.5) is 11.5 Å². The number of rotatable bonds is 1. The van der Waals surface area contributed by atoms with Crippen molar-refractivity contribution in [1.82, 2.24) is 10.3 Å². The number of pyridine rings is 1. The monoisotopic (exact) mass is 412 g/mol. The lowest BCUT2D eigenvalue weighted by Crippen LogP contribution is -2.59. The van der Waals surface area contributed by atoms with Crippen molar-refractivity contribution >= 4 is 44.9 Å². The summed E-state index contributed by atoms with van der Waals surface area (Å²) in [6.45, 7) is 5.10. The van der Waals surface area contributed by atoms with Gasteiger partial charge in [-0.1, -0.05) is 0 Å². The summed E-state index contributed by atoms with van der Waals surface area (Å²) in [7, 11) is 0. The Balaban J connectivity index is 1.63. The first-order valence-electron chi connectivity index (χ1n) is 10.5. The summed E-state index contributed by atoms with van der Waals surface area (Å²) in [5, 5.41) is 4.13. The van der Waals surface area contributed by atoms with Crippen molar-refractivity contribution in [3.8, 4) is 0 Å². The van der Waals surface area contributed by atoms with Crippen molar-refractivity contribution in [2.75, 3.05) is 36.1 Å². The van der Waals surface area contributed by atoms with E-state index in [0.717, 1.165) is 73.7 Å². The van der Waals surface area contributed by atoms with Crippen molar-refractivity contribution in [3.05, 3.63) is 16.0 Å². The molecular formula is C21H24N4O3S. The van der Waals surface area contributed by atoms with Gasteiger partial charge in [0.1, 0.15) is 21.2 Å². The van der Waals surface area contributed by atoms with Gasteiger partial charge in [-0.2, -0.15) is 0 Å². The summed E-state index contributed by atoms with van der Waals surface area (Å²) in [6, 6.07) is 0. The van der Waals surface area contributed by atoms with E-state index >= 15 is 0 Å². The minimum absolute atomic E-state index is 0.0751. The highest BCUT2D eigenvalue weighted by Crippen LogP contribution is 2.50. The zero-order valence-corrected chi connectivity index (χ0v) is 17.4. The van der Waals surface area contributed by atoms with Crippen LogP contribution in [0.2, 0.25) is 0 Å². The quantitative estimate of drug-likeness (QED) is 0.779. The molecule has 3 aliphatic heterocycles. The molecule has 0 spiro atoms. The van der Waals surface area contributed by atoms with Crippen LogP contribution >= 0.6 is 11.3 Å². The fourth-order valence-electron chi connectivity index (χ4n) is 5.40. The fourth-order valence-corrected chi connectivity index (χ4v) is 6.48. The van der Waals surface area contributed by atoms with Gasteiger partial charge < -0.3 is 15.0 Å². The molecular weight excluding hydrogens is 388 g/mol. The number of hydrogen-bond acceptors (Lipinski definition) is 6. The zero-order chi connectivity index (χ0) is 19.8. The van der Waals surface area contributed by atoms with Gasteiger partial charge in [0.05, 0.1) is 18.9 Å². The lowest BCUT2D eigenvalue weighted by molar-refractivity contribution is -0.117. The lowest BCUT2D eigenvalue weighted by Gasteiger charge is -2.40. The molecule has 152 valence electrons. The molecule has 1 N–H and O–H groups in total. The fraction of sp³-hybridized carbons (Fsp3) is 0.571. The lowest BCUT2D eigenvalue weighted by atomic mass is 9.89. The third-order valence-electron chi connectivity index (χ3n) is 6.80. The predicted octanol–water partition coefficient (Wildman–Crippen LogP) is 2.60. The molecule has 2 fully saturated rings. The largest absolute Gasteiger partial charge is 0.378 e. The summed E-state index contributed by atoms with van der Waals surface area (Å²) in [4.78, 5) is 36.6. The molecule has 0 radical (unpaired) electrons. The first-order chi connectivity index (χ1) is 14.1. The van der Waals surface area contributed by atoms with Gasteiger partial charge in [0.2, 0.25) is 5.91 Å². The molecule has 29 heavy (non-hydrogen) atoms. The molecule has 7 nitrogen and oxygen atoms in total. The van der Waals surface area contributed by atoms with Crippen molar-refractivity contribution in [2.24, 2.45) is 0 Å². The van der Waals surface area contributed by atoms with Crippen molar-refractivity contribution < 1.29 is 14.3 Å². The third-order valence-corrected chi connectivity index (χ3v) is 7.87. The summed E-state index contributed by atoms with van der Waals surface area (Å²) in [5.74, 6) is 1.08. The molecule has 2 amide bonds. The second-order valence-corrected chi connectivity index (χ2v) is 9.62. The Labute approximate surface area is 173 Å². The first-order valence-corrected chi connectivity index (χ1v) is 11.3. The minimum atomic E-state index is -0.625. The van der Waals surface area contributed by atoms with E-state index in [1.807, 2.05) is 11.8 Å².